The molecule has 0 saturated carbocycles. The number of halogens is 1. The minimum atomic E-state index is 0.235. The molecule has 0 amide bonds. The van der Waals surface area contributed by atoms with Gasteiger partial charge in [-0.25, -0.2) is 4.98 Å². The van der Waals surface area contributed by atoms with Crippen molar-refractivity contribution < 1.29 is 9.42 Å². The van der Waals surface area contributed by atoms with Crippen molar-refractivity contribution in [1.82, 2.24) is 15.1 Å². The lowest BCUT2D eigenvalue weighted by atomic mass is 10.2. The van der Waals surface area contributed by atoms with Crippen LogP contribution in [0.1, 0.15) is 23.9 Å². The third kappa shape index (κ3) is 3.49. The van der Waals surface area contributed by atoms with Gasteiger partial charge in [-0.05, 0) is 43.3 Å². The summed E-state index contributed by atoms with van der Waals surface area (Å²) in [5, 5.41) is 5.88. The van der Waals surface area contributed by atoms with Crippen molar-refractivity contribution in [3.63, 3.8) is 0 Å². The van der Waals surface area contributed by atoms with Crippen LogP contribution in [-0.2, 0) is 6.54 Å². The van der Waals surface area contributed by atoms with Crippen LogP contribution < -0.4 is 4.90 Å². The lowest BCUT2D eigenvalue weighted by Gasteiger charge is -2.17. The van der Waals surface area contributed by atoms with Gasteiger partial charge < -0.3 is 9.42 Å². The number of nitrogens with zero attached hydrogens (tertiary/aromatic N) is 3. The van der Waals surface area contributed by atoms with Gasteiger partial charge in [0, 0.05) is 10.6 Å². The van der Waals surface area contributed by atoms with Crippen LogP contribution in [0, 0.1) is 0 Å². The third-order valence-corrected chi connectivity index (χ3v) is 5.89. The molecule has 0 fully saturated rings. The molecular formula is C19H18ClN4OS+. The number of fused-ring (bicyclic) bond motifs is 1. The Hall–Kier alpha value is -2.28. The number of hydrogen-bond donors (Lipinski definition) is 1. The molecule has 4 rings (SSSR count). The zero-order valence-electron chi connectivity index (χ0n) is 14.4. The Morgan fingerprint density at radius 1 is 1.12 bits per heavy atom. The standard InChI is InChI=1S/C19H17ClN4OS/c1-12(19-21-15-5-3-4-6-16(15)26-19)24(2)11-17-22-18(23-25-17)13-7-9-14(20)10-8-13/h3-10,12H,11H2,1-2H3/p+1/t12-/m1/s1. The van der Waals surface area contributed by atoms with Crippen LogP contribution in [0.3, 0.4) is 0 Å². The van der Waals surface area contributed by atoms with Gasteiger partial charge in [0.25, 0.3) is 5.89 Å². The SMILES string of the molecule is C[C@H](c1nc2ccccc2s1)[NH+](C)Cc1nc(-c2ccc(Cl)cc2)no1. The normalized spacial score (nSPS) is 13.8. The van der Waals surface area contributed by atoms with Gasteiger partial charge >= 0.3 is 0 Å². The second-order valence-corrected chi connectivity index (χ2v) is 7.78. The molecule has 5 nitrogen and oxygen atoms in total. The zero-order chi connectivity index (χ0) is 18.1. The summed E-state index contributed by atoms with van der Waals surface area (Å²) in [5.41, 5.74) is 1.94. The monoisotopic (exact) mass is 385 g/mol. The van der Waals surface area contributed by atoms with E-state index in [0.29, 0.717) is 23.3 Å². The highest BCUT2D eigenvalue weighted by atomic mass is 35.5. The molecule has 1 N–H and O–H groups in total. The van der Waals surface area contributed by atoms with Crippen molar-refractivity contribution in [2.45, 2.75) is 19.5 Å². The third-order valence-electron chi connectivity index (χ3n) is 4.42. The predicted molar refractivity (Wildman–Crippen MR) is 103 cm³/mol. The molecule has 0 saturated heterocycles. The first-order chi connectivity index (χ1) is 12.6. The molecule has 0 aliphatic heterocycles. The predicted octanol–water partition coefficient (Wildman–Crippen LogP) is 3.78. The fourth-order valence-electron chi connectivity index (χ4n) is 2.72. The number of aromatic nitrogens is 3. The number of quaternary nitrogens is 1. The molecule has 2 aromatic heterocycles. The van der Waals surface area contributed by atoms with E-state index in [1.165, 1.54) is 9.60 Å². The van der Waals surface area contributed by atoms with Gasteiger partial charge in [-0.3, -0.25) is 0 Å². The van der Waals surface area contributed by atoms with E-state index in [1.54, 1.807) is 11.3 Å². The summed E-state index contributed by atoms with van der Waals surface area (Å²) < 4.78 is 6.65. The molecule has 4 aromatic rings. The Bertz CT molecular complexity index is 994. The molecular weight excluding hydrogens is 368 g/mol. The first-order valence-electron chi connectivity index (χ1n) is 8.36. The Balaban J connectivity index is 1.49. The molecule has 2 atom stereocenters. The second kappa shape index (κ2) is 7.15. The van der Waals surface area contributed by atoms with Crippen molar-refractivity contribution in [2.24, 2.45) is 0 Å². The van der Waals surface area contributed by atoms with E-state index in [0.717, 1.165) is 16.1 Å². The van der Waals surface area contributed by atoms with Gasteiger partial charge in [-0.2, -0.15) is 4.98 Å². The lowest BCUT2D eigenvalue weighted by Crippen LogP contribution is -3.07. The number of hydrogen-bond acceptors (Lipinski definition) is 5. The van der Waals surface area contributed by atoms with Crippen LogP contribution in [0.5, 0.6) is 0 Å². The van der Waals surface area contributed by atoms with Crippen molar-refractivity contribution in [2.75, 3.05) is 7.05 Å². The van der Waals surface area contributed by atoms with Crippen molar-refractivity contribution in [1.29, 1.82) is 0 Å². The minimum Gasteiger partial charge on any atom is -0.333 e. The lowest BCUT2D eigenvalue weighted by molar-refractivity contribution is -0.925. The number of thiazole rings is 1. The van der Waals surface area contributed by atoms with E-state index < -0.39 is 0 Å². The zero-order valence-corrected chi connectivity index (χ0v) is 16.0. The molecule has 0 aliphatic rings. The average molecular weight is 386 g/mol. The summed E-state index contributed by atoms with van der Waals surface area (Å²) >= 11 is 7.66. The van der Waals surface area contributed by atoms with Crippen LogP contribution in [0.2, 0.25) is 5.02 Å². The van der Waals surface area contributed by atoms with Gasteiger partial charge in [0.15, 0.2) is 11.6 Å². The van der Waals surface area contributed by atoms with Gasteiger partial charge in [0.2, 0.25) is 5.82 Å². The first kappa shape index (κ1) is 17.1. The van der Waals surface area contributed by atoms with Crippen LogP contribution in [0.15, 0.2) is 53.1 Å². The summed E-state index contributed by atoms with van der Waals surface area (Å²) in [6, 6.07) is 15.9. The molecule has 0 aliphatic carbocycles. The number of benzene rings is 2. The number of para-hydroxylation sites is 1. The Morgan fingerprint density at radius 2 is 1.88 bits per heavy atom. The summed E-state index contributed by atoms with van der Waals surface area (Å²) in [6.07, 6.45) is 0. The summed E-state index contributed by atoms with van der Waals surface area (Å²) in [4.78, 5) is 10.5. The van der Waals surface area contributed by atoms with Crippen molar-refractivity contribution >= 4 is 33.2 Å². The smallest absolute Gasteiger partial charge is 0.282 e. The van der Waals surface area contributed by atoms with E-state index in [4.69, 9.17) is 21.1 Å². The average Bonchev–Trinajstić information content (AvgIpc) is 3.28. The summed E-state index contributed by atoms with van der Waals surface area (Å²) in [5.74, 6) is 1.19. The summed E-state index contributed by atoms with van der Waals surface area (Å²) in [7, 11) is 2.11. The largest absolute Gasteiger partial charge is 0.333 e. The van der Waals surface area contributed by atoms with Crippen LogP contribution in [-0.4, -0.2) is 22.2 Å². The molecule has 2 heterocycles. The van der Waals surface area contributed by atoms with E-state index in [9.17, 15) is 0 Å². The van der Waals surface area contributed by atoms with Gasteiger partial charge in [0.05, 0.1) is 17.3 Å². The maximum absolute atomic E-state index is 5.92. The minimum absolute atomic E-state index is 0.235. The molecule has 0 bridgehead atoms. The van der Waals surface area contributed by atoms with E-state index in [-0.39, 0.29) is 6.04 Å². The highest BCUT2D eigenvalue weighted by molar-refractivity contribution is 7.18. The van der Waals surface area contributed by atoms with E-state index in [2.05, 4.69) is 30.2 Å². The molecule has 132 valence electrons. The van der Waals surface area contributed by atoms with Gasteiger partial charge in [0.1, 0.15) is 6.04 Å². The first-order valence-corrected chi connectivity index (χ1v) is 9.56. The topological polar surface area (TPSA) is 56.2 Å². The second-order valence-electron chi connectivity index (χ2n) is 6.28. The number of nitrogens with one attached hydrogen (secondary N) is 1. The summed E-state index contributed by atoms with van der Waals surface area (Å²) in [6.45, 7) is 2.81. The fraction of sp³-hybridized carbons (Fsp3) is 0.211. The van der Waals surface area contributed by atoms with E-state index >= 15 is 0 Å². The Labute approximate surface area is 160 Å². The highest BCUT2D eigenvalue weighted by Crippen LogP contribution is 2.25. The molecule has 7 heteroatoms. The molecule has 0 spiro atoms. The molecule has 2 aromatic carbocycles. The fourth-order valence-corrected chi connectivity index (χ4v) is 3.96. The Morgan fingerprint density at radius 3 is 2.65 bits per heavy atom. The maximum Gasteiger partial charge on any atom is 0.282 e. The Kier molecular flexibility index (Phi) is 4.72. The molecule has 1 unspecified atom stereocenters. The van der Waals surface area contributed by atoms with Crippen molar-refractivity contribution in [3.8, 4) is 11.4 Å². The van der Waals surface area contributed by atoms with Gasteiger partial charge in [-0.15, -0.1) is 11.3 Å². The van der Waals surface area contributed by atoms with Crippen LogP contribution >= 0.6 is 22.9 Å². The van der Waals surface area contributed by atoms with Crippen LogP contribution in [0.4, 0.5) is 0 Å². The van der Waals surface area contributed by atoms with Gasteiger partial charge in [-0.1, -0.05) is 28.9 Å². The van der Waals surface area contributed by atoms with E-state index in [1.807, 2.05) is 42.5 Å². The molecule has 0 radical (unpaired) electrons. The van der Waals surface area contributed by atoms with Crippen LogP contribution in [0.25, 0.3) is 21.6 Å². The number of rotatable bonds is 5. The highest BCUT2D eigenvalue weighted by Gasteiger charge is 2.22. The molecule has 26 heavy (non-hydrogen) atoms. The quantitative estimate of drug-likeness (QED) is 0.568. The maximum atomic E-state index is 5.92. The van der Waals surface area contributed by atoms with Crippen molar-refractivity contribution in [3.05, 3.63) is 64.5 Å².